The highest BCUT2D eigenvalue weighted by Crippen LogP contribution is 2.28. The van der Waals surface area contributed by atoms with Crippen LogP contribution < -0.4 is 10.2 Å². The van der Waals surface area contributed by atoms with E-state index in [1.807, 2.05) is 0 Å². The molecule has 1 aromatic carbocycles. The van der Waals surface area contributed by atoms with E-state index in [0.29, 0.717) is 6.04 Å². The number of benzene rings is 1. The number of hydrogen-bond acceptors (Lipinski definition) is 3. The standard InChI is InChI=1S/C16H26N2O/c1-17-16(12-13-8-10-19-11-9-13)14-4-6-15(7-5-14)18(2)3/h4-7,13,16-17H,8-12H2,1-3H3. The molecule has 0 aromatic heterocycles. The molecule has 2 rings (SSSR count). The van der Waals surface area contributed by atoms with Crippen LogP contribution in [-0.4, -0.2) is 34.4 Å². The fraction of sp³-hybridized carbons (Fsp3) is 0.625. The summed E-state index contributed by atoms with van der Waals surface area (Å²) in [6.07, 6.45) is 3.61. The van der Waals surface area contributed by atoms with Crippen LogP contribution in [0, 0.1) is 5.92 Å². The Hall–Kier alpha value is -1.06. The molecule has 0 aliphatic carbocycles. The van der Waals surface area contributed by atoms with Crippen molar-refractivity contribution >= 4 is 5.69 Å². The van der Waals surface area contributed by atoms with Crippen LogP contribution in [0.1, 0.15) is 30.9 Å². The van der Waals surface area contributed by atoms with Crippen molar-refractivity contribution in [1.29, 1.82) is 0 Å². The van der Waals surface area contributed by atoms with E-state index in [2.05, 4.69) is 55.6 Å². The van der Waals surface area contributed by atoms with Crippen LogP contribution in [-0.2, 0) is 4.74 Å². The Morgan fingerprint density at radius 2 is 1.84 bits per heavy atom. The number of nitrogens with zero attached hydrogens (tertiary/aromatic N) is 1. The average molecular weight is 262 g/mol. The molecule has 19 heavy (non-hydrogen) atoms. The topological polar surface area (TPSA) is 24.5 Å². The lowest BCUT2D eigenvalue weighted by atomic mass is 9.89. The molecule has 0 amide bonds. The van der Waals surface area contributed by atoms with Gasteiger partial charge >= 0.3 is 0 Å². The molecular formula is C16H26N2O. The molecule has 1 aliphatic heterocycles. The molecule has 1 heterocycles. The molecule has 1 N–H and O–H groups in total. The lowest BCUT2D eigenvalue weighted by Crippen LogP contribution is -2.24. The van der Waals surface area contributed by atoms with Crippen molar-refractivity contribution in [3.8, 4) is 0 Å². The van der Waals surface area contributed by atoms with Gasteiger partial charge in [0.15, 0.2) is 0 Å². The first-order valence-electron chi connectivity index (χ1n) is 7.23. The summed E-state index contributed by atoms with van der Waals surface area (Å²) >= 11 is 0. The van der Waals surface area contributed by atoms with Crippen molar-refractivity contribution in [1.82, 2.24) is 5.32 Å². The first-order chi connectivity index (χ1) is 9.20. The highest BCUT2D eigenvalue weighted by molar-refractivity contribution is 5.46. The summed E-state index contributed by atoms with van der Waals surface area (Å²) in [5.41, 5.74) is 2.64. The molecule has 1 aromatic rings. The summed E-state index contributed by atoms with van der Waals surface area (Å²) in [6.45, 7) is 1.86. The number of nitrogens with one attached hydrogen (secondary N) is 1. The van der Waals surface area contributed by atoms with Gasteiger partial charge in [-0.05, 0) is 49.9 Å². The van der Waals surface area contributed by atoms with E-state index < -0.39 is 0 Å². The normalized spacial score (nSPS) is 18.3. The summed E-state index contributed by atoms with van der Waals surface area (Å²) in [5.74, 6) is 0.791. The fourth-order valence-corrected chi connectivity index (χ4v) is 2.74. The van der Waals surface area contributed by atoms with E-state index in [4.69, 9.17) is 4.74 Å². The van der Waals surface area contributed by atoms with E-state index in [1.54, 1.807) is 0 Å². The fourth-order valence-electron chi connectivity index (χ4n) is 2.74. The minimum absolute atomic E-state index is 0.458. The van der Waals surface area contributed by atoms with Crippen LogP contribution in [0.3, 0.4) is 0 Å². The lowest BCUT2D eigenvalue weighted by Gasteiger charge is -2.27. The van der Waals surface area contributed by atoms with Crippen molar-refractivity contribution < 1.29 is 4.74 Å². The third kappa shape index (κ3) is 3.95. The van der Waals surface area contributed by atoms with E-state index in [1.165, 1.54) is 30.5 Å². The zero-order valence-corrected chi connectivity index (χ0v) is 12.4. The highest BCUT2D eigenvalue weighted by Gasteiger charge is 2.19. The highest BCUT2D eigenvalue weighted by atomic mass is 16.5. The summed E-state index contributed by atoms with van der Waals surface area (Å²) in [6, 6.07) is 9.35. The molecule has 1 atom stereocenters. The van der Waals surface area contributed by atoms with Crippen LogP contribution in [0.5, 0.6) is 0 Å². The lowest BCUT2D eigenvalue weighted by molar-refractivity contribution is 0.0608. The van der Waals surface area contributed by atoms with Crippen molar-refractivity contribution in [2.45, 2.75) is 25.3 Å². The Morgan fingerprint density at radius 3 is 2.37 bits per heavy atom. The minimum atomic E-state index is 0.458. The summed E-state index contributed by atoms with van der Waals surface area (Å²) in [7, 11) is 6.21. The first-order valence-corrected chi connectivity index (χ1v) is 7.23. The SMILES string of the molecule is CNC(CC1CCOCC1)c1ccc(N(C)C)cc1. The van der Waals surface area contributed by atoms with Crippen LogP contribution in [0.2, 0.25) is 0 Å². The second-order valence-electron chi connectivity index (χ2n) is 5.62. The van der Waals surface area contributed by atoms with Gasteiger partial charge in [-0.3, -0.25) is 0 Å². The van der Waals surface area contributed by atoms with Crippen LogP contribution in [0.4, 0.5) is 5.69 Å². The largest absolute Gasteiger partial charge is 0.381 e. The van der Waals surface area contributed by atoms with Crippen molar-refractivity contribution in [2.24, 2.45) is 5.92 Å². The molecule has 1 aliphatic rings. The van der Waals surface area contributed by atoms with Gasteiger partial charge in [-0.2, -0.15) is 0 Å². The second-order valence-corrected chi connectivity index (χ2v) is 5.62. The molecule has 106 valence electrons. The van der Waals surface area contributed by atoms with Gasteiger partial charge in [-0.15, -0.1) is 0 Å². The number of anilines is 1. The number of hydrogen-bond donors (Lipinski definition) is 1. The van der Waals surface area contributed by atoms with Gasteiger partial charge in [0.25, 0.3) is 0 Å². The smallest absolute Gasteiger partial charge is 0.0468 e. The van der Waals surface area contributed by atoms with Gasteiger partial charge in [-0.1, -0.05) is 12.1 Å². The molecule has 0 bridgehead atoms. The molecule has 0 radical (unpaired) electrons. The van der Waals surface area contributed by atoms with Gasteiger partial charge in [-0.25, -0.2) is 0 Å². The van der Waals surface area contributed by atoms with E-state index in [0.717, 1.165) is 19.1 Å². The molecule has 1 fully saturated rings. The summed E-state index contributed by atoms with van der Waals surface area (Å²) in [5, 5.41) is 3.46. The Balaban J connectivity index is 1.99. The maximum atomic E-state index is 5.44. The second kappa shape index (κ2) is 6.92. The molecule has 3 nitrogen and oxygen atoms in total. The van der Waals surface area contributed by atoms with Gasteiger partial charge < -0.3 is 15.0 Å². The Labute approximate surface area is 116 Å². The Bertz CT molecular complexity index is 369. The van der Waals surface area contributed by atoms with Gasteiger partial charge in [0.2, 0.25) is 0 Å². The summed E-state index contributed by atoms with van der Waals surface area (Å²) < 4.78 is 5.44. The van der Waals surface area contributed by atoms with Gasteiger partial charge in [0.05, 0.1) is 0 Å². The van der Waals surface area contributed by atoms with Crippen LogP contribution in [0.15, 0.2) is 24.3 Å². The molecular weight excluding hydrogens is 236 g/mol. The van der Waals surface area contributed by atoms with Crippen molar-refractivity contribution in [3.63, 3.8) is 0 Å². The van der Waals surface area contributed by atoms with E-state index in [9.17, 15) is 0 Å². The van der Waals surface area contributed by atoms with Crippen LogP contribution in [0.25, 0.3) is 0 Å². The predicted octanol–water partition coefficient (Wildman–Crippen LogP) is 2.83. The number of ether oxygens (including phenoxy) is 1. The molecule has 1 unspecified atom stereocenters. The third-order valence-corrected chi connectivity index (χ3v) is 4.07. The van der Waals surface area contributed by atoms with Crippen molar-refractivity contribution in [3.05, 3.63) is 29.8 Å². The first kappa shape index (κ1) is 14.4. The van der Waals surface area contributed by atoms with E-state index in [-0.39, 0.29) is 0 Å². The van der Waals surface area contributed by atoms with Gasteiger partial charge in [0.1, 0.15) is 0 Å². The summed E-state index contributed by atoms with van der Waals surface area (Å²) in [4.78, 5) is 2.14. The van der Waals surface area contributed by atoms with Crippen LogP contribution >= 0.6 is 0 Å². The molecule has 0 spiro atoms. The average Bonchev–Trinajstić information content (AvgIpc) is 2.46. The Morgan fingerprint density at radius 1 is 1.21 bits per heavy atom. The predicted molar refractivity (Wildman–Crippen MR) is 80.7 cm³/mol. The molecule has 0 saturated carbocycles. The maximum Gasteiger partial charge on any atom is 0.0468 e. The monoisotopic (exact) mass is 262 g/mol. The molecule has 1 saturated heterocycles. The Kier molecular flexibility index (Phi) is 5.23. The quantitative estimate of drug-likeness (QED) is 0.883. The number of rotatable bonds is 5. The van der Waals surface area contributed by atoms with E-state index >= 15 is 0 Å². The maximum absolute atomic E-state index is 5.44. The van der Waals surface area contributed by atoms with Crippen molar-refractivity contribution in [2.75, 3.05) is 39.3 Å². The zero-order chi connectivity index (χ0) is 13.7. The minimum Gasteiger partial charge on any atom is -0.381 e. The van der Waals surface area contributed by atoms with Gasteiger partial charge in [0, 0.05) is 39.0 Å². The molecule has 3 heteroatoms. The zero-order valence-electron chi connectivity index (χ0n) is 12.4. The third-order valence-electron chi connectivity index (χ3n) is 4.07.